The lowest BCUT2D eigenvalue weighted by molar-refractivity contribution is 0.250. The summed E-state index contributed by atoms with van der Waals surface area (Å²) in [4.78, 5) is 11.3. The zero-order valence-electron chi connectivity index (χ0n) is 13.0. The second-order valence-corrected chi connectivity index (χ2v) is 5.58. The Balaban J connectivity index is 1.85. The van der Waals surface area contributed by atoms with Crippen molar-refractivity contribution in [3.05, 3.63) is 42.4 Å². The molecule has 2 aromatic rings. The van der Waals surface area contributed by atoms with Crippen LogP contribution < -0.4 is 9.47 Å². The number of para-hydroxylation sites is 2. The van der Waals surface area contributed by atoms with Crippen molar-refractivity contribution >= 4 is 0 Å². The number of benzene rings is 1. The molecule has 0 N–H and O–H groups in total. The standard InChI is InChI=1S/C17H21N3O2/c1-20-11-7-13(8-12-20)16-17(19-10-9-18-16)22-15-6-4-3-5-14(15)21-2/h3-6,9-10,13H,7-8,11-12H2,1-2H3. The fraction of sp³-hybridized carbons (Fsp3) is 0.412. The van der Waals surface area contributed by atoms with Crippen LogP contribution in [0, 0.1) is 0 Å². The van der Waals surface area contributed by atoms with Gasteiger partial charge in [-0.05, 0) is 45.1 Å². The summed E-state index contributed by atoms with van der Waals surface area (Å²) in [5, 5.41) is 0. The Morgan fingerprint density at radius 3 is 2.45 bits per heavy atom. The molecule has 1 saturated heterocycles. The van der Waals surface area contributed by atoms with Crippen LogP contribution in [0.2, 0.25) is 0 Å². The number of hydrogen-bond acceptors (Lipinski definition) is 5. The third-order valence-electron chi connectivity index (χ3n) is 4.07. The topological polar surface area (TPSA) is 47.5 Å². The smallest absolute Gasteiger partial charge is 0.241 e. The summed E-state index contributed by atoms with van der Waals surface area (Å²) in [6.45, 7) is 2.16. The molecule has 0 unspecified atom stereocenters. The van der Waals surface area contributed by atoms with E-state index < -0.39 is 0 Å². The van der Waals surface area contributed by atoms with E-state index in [0.29, 0.717) is 23.3 Å². The van der Waals surface area contributed by atoms with E-state index in [-0.39, 0.29) is 0 Å². The number of methoxy groups -OCH3 is 1. The zero-order valence-corrected chi connectivity index (χ0v) is 13.0. The summed E-state index contributed by atoms with van der Waals surface area (Å²) in [5.74, 6) is 2.35. The van der Waals surface area contributed by atoms with Crippen LogP contribution in [-0.4, -0.2) is 42.1 Å². The van der Waals surface area contributed by atoms with Gasteiger partial charge in [0.2, 0.25) is 5.88 Å². The number of nitrogens with zero attached hydrogens (tertiary/aromatic N) is 3. The van der Waals surface area contributed by atoms with Gasteiger partial charge in [-0.2, -0.15) is 0 Å². The van der Waals surface area contributed by atoms with E-state index in [1.807, 2.05) is 24.3 Å². The minimum absolute atomic E-state index is 0.398. The highest BCUT2D eigenvalue weighted by molar-refractivity contribution is 5.42. The molecule has 0 amide bonds. The van der Waals surface area contributed by atoms with Gasteiger partial charge in [-0.25, -0.2) is 4.98 Å². The fourth-order valence-electron chi connectivity index (χ4n) is 2.78. The van der Waals surface area contributed by atoms with E-state index in [0.717, 1.165) is 31.6 Å². The summed E-state index contributed by atoms with van der Waals surface area (Å²) in [6, 6.07) is 7.59. The summed E-state index contributed by atoms with van der Waals surface area (Å²) in [5.41, 5.74) is 0.946. The number of rotatable bonds is 4. The average molecular weight is 299 g/mol. The van der Waals surface area contributed by atoms with Crippen molar-refractivity contribution in [2.75, 3.05) is 27.2 Å². The third-order valence-corrected chi connectivity index (χ3v) is 4.07. The van der Waals surface area contributed by atoms with E-state index in [2.05, 4.69) is 21.9 Å². The molecule has 116 valence electrons. The van der Waals surface area contributed by atoms with E-state index >= 15 is 0 Å². The minimum Gasteiger partial charge on any atom is -0.493 e. The van der Waals surface area contributed by atoms with Gasteiger partial charge in [0.15, 0.2) is 11.5 Å². The lowest BCUT2D eigenvalue weighted by atomic mass is 9.94. The molecule has 0 radical (unpaired) electrons. The summed E-state index contributed by atoms with van der Waals surface area (Å²) >= 11 is 0. The maximum atomic E-state index is 6.00. The van der Waals surface area contributed by atoms with Gasteiger partial charge in [-0.3, -0.25) is 4.98 Å². The third kappa shape index (κ3) is 3.20. The van der Waals surface area contributed by atoms with Crippen LogP contribution in [0.15, 0.2) is 36.7 Å². The van der Waals surface area contributed by atoms with E-state index in [4.69, 9.17) is 9.47 Å². The van der Waals surface area contributed by atoms with Gasteiger partial charge in [0, 0.05) is 18.3 Å². The highest BCUT2D eigenvalue weighted by Crippen LogP contribution is 2.35. The monoisotopic (exact) mass is 299 g/mol. The van der Waals surface area contributed by atoms with Crippen molar-refractivity contribution in [1.29, 1.82) is 0 Å². The van der Waals surface area contributed by atoms with Crippen LogP contribution in [-0.2, 0) is 0 Å². The first-order valence-electron chi connectivity index (χ1n) is 7.58. The Bertz CT molecular complexity index is 625. The fourth-order valence-corrected chi connectivity index (χ4v) is 2.78. The molecule has 5 nitrogen and oxygen atoms in total. The number of hydrogen-bond donors (Lipinski definition) is 0. The second kappa shape index (κ2) is 6.75. The molecule has 1 aromatic heterocycles. The Morgan fingerprint density at radius 1 is 1.05 bits per heavy atom. The first-order chi connectivity index (χ1) is 10.8. The molecule has 0 spiro atoms. The maximum Gasteiger partial charge on any atom is 0.241 e. The predicted octanol–water partition coefficient (Wildman–Crippen LogP) is 3.09. The van der Waals surface area contributed by atoms with Crippen molar-refractivity contribution in [3.8, 4) is 17.4 Å². The molecule has 3 rings (SSSR count). The molecule has 2 heterocycles. The minimum atomic E-state index is 0.398. The molecule has 1 aromatic carbocycles. The lowest BCUT2D eigenvalue weighted by Crippen LogP contribution is -2.29. The van der Waals surface area contributed by atoms with E-state index in [1.54, 1.807) is 19.5 Å². The van der Waals surface area contributed by atoms with Gasteiger partial charge >= 0.3 is 0 Å². The quantitative estimate of drug-likeness (QED) is 0.868. The molecular formula is C17H21N3O2. The first kappa shape index (κ1) is 14.8. The average Bonchev–Trinajstić information content (AvgIpc) is 2.57. The zero-order chi connectivity index (χ0) is 15.4. The maximum absolute atomic E-state index is 6.00. The first-order valence-corrected chi connectivity index (χ1v) is 7.58. The van der Waals surface area contributed by atoms with Crippen LogP contribution in [0.1, 0.15) is 24.5 Å². The molecule has 5 heteroatoms. The number of aromatic nitrogens is 2. The van der Waals surface area contributed by atoms with E-state index in [9.17, 15) is 0 Å². The van der Waals surface area contributed by atoms with Crippen LogP contribution >= 0.6 is 0 Å². The molecule has 1 aliphatic rings. The molecule has 0 bridgehead atoms. The van der Waals surface area contributed by atoms with Crippen molar-refractivity contribution < 1.29 is 9.47 Å². The lowest BCUT2D eigenvalue weighted by Gasteiger charge is -2.28. The van der Waals surface area contributed by atoms with Gasteiger partial charge in [0.05, 0.1) is 7.11 Å². The summed E-state index contributed by atoms with van der Waals surface area (Å²) in [6.07, 6.45) is 5.57. The van der Waals surface area contributed by atoms with Gasteiger partial charge < -0.3 is 14.4 Å². The van der Waals surface area contributed by atoms with Gasteiger partial charge in [-0.15, -0.1) is 0 Å². The van der Waals surface area contributed by atoms with E-state index in [1.165, 1.54) is 0 Å². The Morgan fingerprint density at radius 2 is 1.73 bits per heavy atom. The van der Waals surface area contributed by atoms with Gasteiger partial charge in [0.1, 0.15) is 5.69 Å². The number of ether oxygens (including phenoxy) is 2. The molecule has 0 saturated carbocycles. The van der Waals surface area contributed by atoms with Crippen LogP contribution in [0.3, 0.4) is 0 Å². The van der Waals surface area contributed by atoms with Crippen molar-refractivity contribution in [1.82, 2.24) is 14.9 Å². The summed E-state index contributed by atoms with van der Waals surface area (Å²) < 4.78 is 11.3. The van der Waals surface area contributed by atoms with Gasteiger partial charge in [-0.1, -0.05) is 12.1 Å². The molecule has 0 aliphatic carbocycles. The molecule has 0 atom stereocenters. The molecule has 1 fully saturated rings. The SMILES string of the molecule is COc1ccccc1Oc1nccnc1C1CCN(C)CC1. The highest BCUT2D eigenvalue weighted by atomic mass is 16.5. The number of likely N-dealkylation sites (tertiary alicyclic amines) is 1. The second-order valence-electron chi connectivity index (χ2n) is 5.58. The number of piperidine rings is 1. The van der Waals surface area contributed by atoms with Gasteiger partial charge in [0.25, 0.3) is 0 Å². The summed E-state index contributed by atoms with van der Waals surface area (Å²) in [7, 11) is 3.79. The van der Waals surface area contributed by atoms with Crippen molar-refractivity contribution in [3.63, 3.8) is 0 Å². The van der Waals surface area contributed by atoms with Crippen LogP contribution in [0.5, 0.6) is 17.4 Å². The largest absolute Gasteiger partial charge is 0.493 e. The Kier molecular flexibility index (Phi) is 4.53. The predicted molar refractivity (Wildman–Crippen MR) is 84.6 cm³/mol. The van der Waals surface area contributed by atoms with Crippen LogP contribution in [0.25, 0.3) is 0 Å². The molecule has 22 heavy (non-hydrogen) atoms. The highest BCUT2D eigenvalue weighted by Gasteiger charge is 2.24. The Labute approximate surface area is 130 Å². The van der Waals surface area contributed by atoms with Crippen molar-refractivity contribution in [2.45, 2.75) is 18.8 Å². The van der Waals surface area contributed by atoms with Crippen LogP contribution in [0.4, 0.5) is 0 Å². The Hall–Kier alpha value is -2.14. The van der Waals surface area contributed by atoms with Crippen molar-refractivity contribution in [2.24, 2.45) is 0 Å². The molecular weight excluding hydrogens is 278 g/mol. The normalized spacial score (nSPS) is 16.5. The molecule has 1 aliphatic heterocycles.